The summed E-state index contributed by atoms with van der Waals surface area (Å²) in [5.41, 5.74) is 5.24. The molecule has 1 atom stereocenters. The average Bonchev–Trinajstić information content (AvgIpc) is 2.96. The zero-order valence-electron chi connectivity index (χ0n) is 12.5. The van der Waals surface area contributed by atoms with Gasteiger partial charge in [0.15, 0.2) is 0 Å². The van der Waals surface area contributed by atoms with Gasteiger partial charge >= 0.3 is 0 Å². The van der Waals surface area contributed by atoms with Crippen LogP contribution in [0.15, 0.2) is 54.6 Å². The van der Waals surface area contributed by atoms with Gasteiger partial charge in [0.05, 0.1) is 17.4 Å². The molecule has 2 heterocycles. The largest absolute Gasteiger partial charge is 0.545 e. The lowest BCUT2D eigenvalue weighted by molar-refractivity contribution is -0.255. The maximum atomic E-state index is 10.9. The number of aromatic nitrogens is 2. The van der Waals surface area contributed by atoms with Crippen molar-refractivity contribution in [3.63, 3.8) is 0 Å². The number of hydrogen-bond donors (Lipinski definition) is 1. The van der Waals surface area contributed by atoms with Crippen molar-refractivity contribution in [3.8, 4) is 11.3 Å². The Morgan fingerprint density at radius 3 is 2.65 bits per heavy atom. The molecule has 0 unspecified atom stereocenters. The summed E-state index contributed by atoms with van der Waals surface area (Å²) in [6.45, 7) is 1.96. The van der Waals surface area contributed by atoms with Gasteiger partial charge in [0, 0.05) is 11.3 Å². The number of anilines is 1. The number of aryl methyl sites for hydroxylation is 1. The summed E-state index contributed by atoms with van der Waals surface area (Å²) in [6.07, 6.45) is -0.176. The number of fused-ring (bicyclic) bond motifs is 3. The van der Waals surface area contributed by atoms with Gasteiger partial charge in [0.2, 0.25) is 0 Å². The van der Waals surface area contributed by atoms with E-state index in [0.717, 1.165) is 28.2 Å². The number of carbonyl (C=O) groups is 1. The first-order valence-corrected chi connectivity index (χ1v) is 7.37. The van der Waals surface area contributed by atoms with Crippen molar-refractivity contribution in [2.45, 2.75) is 13.1 Å². The molecule has 0 fully saturated rings. The predicted molar refractivity (Wildman–Crippen MR) is 84.9 cm³/mol. The first-order chi connectivity index (χ1) is 11.1. The standard InChI is InChI=1S/C18H15N3O2/c1-11-10-16-14-4-2-3-5-15(14)19-17(21(16)20-11)12-6-8-13(9-7-12)18(22)23/h2-10,17,19H,1H3,(H,22,23)/p-1/t17-/m1/s1. The van der Waals surface area contributed by atoms with Gasteiger partial charge in [-0.15, -0.1) is 0 Å². The maximum absolute atomic E-state index is 10.9. The number of rotatable bonds is 2. The lowest BCUT2D eigenvalue weighted by atomic mass is 10.0. The highest BCUT2D eigenvalue weighted by Crippen LogP contribution is 2.38. The summed E-state index contributed by atoms with van der Waals surface area (Å²) in [5, 5.41) is 19.0. The van der Waals surface area contributed by atoms with Crippen LogP contribution >= 0.6 is 0 Å². The number of aromatic carboxylic acids is 1. The van der Waals surface area contributed by atoms with Gasteiger partial charge < -0.3 is 15.2 Å². The predicted octanol–water partition coefficient (Wildman–Crippen LogP) is 2.19. The lowest BCUT2D eigenvalue weighted by Crippen LogP contribution is -2.26. The molecule has 5 heteroatoms. The van der Waals surface area contributed by atoms with E-state index in [2.05, 4.69) is 22.5 Å². The van der Waals surface area contributed by atoms with Crippen LogP contribution in [0.2, 0.25) is 0 Å². The molecule has 1 aliphatic heterocycles. The fraction of sp³-hybridized carbons (Fsp3) is 0.111. The Bertz CT molecular complexity index is 897. The molecule has 114 valence electrons. The van der Waals surface area contributed by atoms with Crippen molar-refractivity contribution in [1.29, 1.82) is 0 Å². The molecule has 3 aromatic rings. The third kappa shape index (κ3) is 2.17. The zero-order chi connectivity index (χ0) is 16.0. The summed E-state index contributed by atoms with van der Waals surface area (Å²) < 4.78 is 1.94. The minimum atomic E-state index is -1.17. The number of nitrogens with zero attached hydrogens (tertiary/aromatic N) is 2. The molecule has 4 rings (SSSR count). The average molecular weight is 304 g/mol. The van der Waals surface area contributed by atoms with Crippen molar-refractivity contribution in [2.24, 2.45) is 0 Å². The first kappa shape index (κ1) is 13.6. The lowest BCUT2D eigenvalue weighted by Gasteiger charge is -2.29. The van der Waals surface area contributed by atoms with Gasteiger partial charge in [-0.2, -0.15) is 5.10 Å². The molecule has 0 spiro atoms. The van der Waals surface area contributed by atoms with E-state index in [1.807, 2.05) is 29.8 Å². The molecule has 5 nitrogen and oxygen atoms in total. The minimum Gasteiger partial charge on any atom is -0.545 e. The molecule has 1 aliphatic rings. The van der Waals surface area contributed by atoms with Crippen LogP contribution in [0.25, 0.3) is 11.3 Å². The topological polar surface area (TPSA) is 70.0 Å². The Labute approximate surface area is 133 Å². The van der Waals surface area contributed by atoms with Crippen LogP contribution in [0.4, 0.5) is 5.69 Å². The zero-order valence-corrected chi connectivity index (χ0v) is 12.5. The highest BCUT2D eigenvalue weighted by Gasteiger charge is 2.25. The molecule has 1 aromatic heterocycles. The minimum absolute atomic E-state index is 0.168. The van der Waals surface area contributed by atoms with E-state index in [-0.39, 0.29) is 11.7 Å². The summed E-state index contributed by atoms with van der Waals surface area (Å²) in [4.78, 5) is 10.9. The fourth-order valence-electron chi connectivity index (χ4n) is 2.98. The molecule has 1 N–H and O–H groups in total. The van der Waals surface area contributed by atoms with Crippen molar-refractivity contribution < 1.29 is 9.90 Å². The van der Waals surface area contributed by atoms with Gasteiger partial charge in [0.1, 0.15) is 6.17 Å². The monoisotopic (exact) mass is 304 g/mol. The molecule has 0 amide bonds. The fourth-order valence-corrected chi connectivity index (χ4v) is 2.98. The second-order valence-electron chi connectivity index (χ2n) is 5.62. The molecule has 0 bridgehead atoms. The van der Waals surface area contributed by atoms with Gasteiger partial charge in [0.25, 0.3) is 0 Å². The Balaban J connectivity index is 1.83. The van der Waals surface area contributed by atoms with Crippen molar-refractivity contribution >= 4 is 11.7 Å². The third-order valence-corrected chi connectivity index (χ3v) is 4.06. The van der Waals surface area contributed by atoms with Crippen LogP contribution in [0.1, 0.15) is 27.8 Å². The van der Waals surface area contributed by atoms with Gasteiger partial charge in [-0.05, 0) is 30.2 Å². The van der Waals surface area contributed by atoms with Gasteiger partial charge in [-0.25, -0.2) is 4.68 Å². The van der Waals surface area contributed by atoms with Crippen LogP contribution < -0.4 is 10.4 Å². The molecule has 2 aromatic carbocycles. The number of para-hydroxylation sites is 1. The number of carboxylic acid groups (broad SMARTS) is 1. The van der Waals surface area contributed by atoms with E-state index in [9.17, 15) is 9.90 Å². The highest BCUT2D eigenvalue weighted by atomic mass is 16.4. The number of hydrogen-bond acceptors (Lipinski definition) is 4. The van der Waals surface area contributed by atoms with Crippen LogP contribution in [0.5, 0.6) is 0 Å². The normalized spacial score (nSPS) is 15.4. The van der Waals surface area contributed by atoms with Crippen LogP contribution in [-0.2, 0) is 0 Å². The molecule has 0 radical (unpaired) electrons. The Kier molecular flexibility index (Phi) is 2.94. The number of carboxylic acids is 1. The first-order valence-electron chi connectivity index (χ1n) is 7.37. The quantitative estimate of drug-likeness (QED) is 0.788. The van der Waals surface area contributed by atoms with E-state index in [1.165, 1.54) is 0 Å². The summed E-state index contributed by atoms with van der Waals surface area (Å²) in [6, 6.07) is 16.8. The molecule has 0 aliphatic carbocycles. The van der Waals surface area contributed by atoms with E-state index >= 15 is 0 Å². The summed E-state index contributed by atoms with van der Waals surface area (Å²) in [5.74, 6) is -1.17. The number of nitrogens with one attached hydrogen (secondary N) is 1. The SMILES string of the molecule is Cc1cc2n(n1)[C@H](c1ccc(C(=O)[O-])cc1)Nc1ccccc1-2. The smallest absolute Gasteiger partial charge is 0.147 e. The molecule has 0 saturated heterocycles. The van der Waals surface area contributed by atoms with Crippen molar-refractivity contribution in [1.82, 2.24) is 9.78 Å². The molecular formula is C18H14N3O2-. The van der Waals surface area contributed by atoms with Crippen LogP contribution in [-0.4, -0.2) is 15.7 Å². The van der Waals surface area contributed by atoms with Gasteiger partial charge in [-0.1, -0.05) is 42.5 Å². The van der Waals surface area contributed by atoms with E-state index in [0.29, 0.717) is 0 Å². The molecule has 23 heavy (non-hydrogen) atoms. The van der Waals surface area contributed by atoms with E-state index < -0.39 is 5.97 Å². The molecular weight excluding hydrogens is 290 g/mol. The third-order valence-electron chi connectivity index (χ3n) is 4.06. The second-order valence-corrected chi connectivity index (χ2v) is 5.62. The summed E-state index contributed by atoms with van der Waals surface area (Å²) >= 11 is 0. The number of carbonyl (C=O) groups excluding carboxylic acids is 1. The van der Waals surface area contributed by atoms with E-state index in [1.54, 1.807) is 24.3 Å². The Morgan fingerprint density at radius 2 is 1.91 bits per heavy atom. The highest BCUT2D eigenvalue weighted by molar-refractivity contribution is 5.85. The maximum Gasteiger partial charge on any atom is 0.147 e. The van der Waals surface area contributed by atoms with Crippen molar-refractivity contribution in [3.05, 3.63) is 71.4 Å². The number of benzene rings is 2. The van der Waals surface area contributed by atoms with Crippen molar-refractivity contribution in [2.75, 3.05) is 5.32 Å². The van der Waals surface area contributed by atoms with Crippen LogP contribution in [0.3, 0.4) is 0 Å². The Morgan fingerprint density at radius 1 is 1.17 bits per heavy atom. The second kappa shape index (κ2) is 4.98. The van der Waals surface area contributed by atoms with Gasteiger partial charge in [-0.3, -0.25) is 0 Å². The van der Waals surface area contributed by atoms with Crippen LogP contribution in [0, 0.1) is 6.92 Å². The Hall–Kier alpha value is -3.08. The molecule has 0 saturated carbocycles. The summed E-state index contributed by atoms with van der Waals surface area (Å²) in [7, 11) is 0. The van der Waals surface area contributed by atoms with E-state index in [4.69, 9.17) is 0 Å².